The minimum absolute atomic E-state index is 0.0232. The van der Waals surface area contributed by atoms with Crippen molar-refractivity contribution >= 4 is 37.4 Å². The van der Waals surface area contributed by atoms with Crippen molar-refractivity contribution in [3.63, 3.8) is 0 Å². The quantitative estimate of drug-likeness (QED) is 0.194. The molecule has 0 saturated heterocycles. The average Bonchev–Trinajstić information content (AvgIpc) is 2.73. The Bertz CT molecular complexity index is 1410. The number of nitro benzene ring substituents is 1. The summed E-state index contributed by atoms with van der Waals surface area (Å²) in [6.45, 7) is 2.23. The number of nitrogens with zero attached hydrogens (tertiary/aromatic N) is 1. The first-order valence-electron chi connectivity index (χ1n) is 9.61. The van der Waals surface area contributed by atoms with Crippen LogP contribution in [0.4, 0.5) is 5.69 Å². The van der Waals surface area contributed by atoms with E-state index in [0.717, 1.165) is 5.56 Å². The molecule has 4 aromatic carbocycles. The van der Waals surface area contributed by atoms with Crippen LogP contribution in [0.5, 0.6) is 5.75 Å². The third kappa shape index (κ3) is 3.83. The van der Waals surface area contributed by atoms with E-state index in [0.29, 0.717) is 45.9 Å². The van der Waals surface area contributed by atoms with Crippen molar-refractivity contribution in [2.24, 2.45) is 0 Å². The maximum atomic E-state index is 12.5. The van der Waals surface area contributed by atoms with Gasteiger partial charge in [-0.2, -0.15) is 8.42 Å². The minimum atomic E-state index is -4.57. The number of benzene rings is 4. The lowest BCUT2D eigenvalue weighted by Gasteiger charge is -2.18. The highest BCUT2D eigenvalue weighted by Gasteiger charge is 2.24. The molecule has 7 nitrogen and oxygen atoms in total. The van der Waals surface area contributed by atoms with E-state index in [-0.39, 0.29) is 10.6 Å². The predicted octanol–water partition coefficient (Wildman–Crippen LogP) is 5.14. The van der Waals surface area contributed by atoms with Gasteiger partial charge in [0.25, 0.3) is 15.8 Å². The lowest BCUT2D eigenvalue weighted by atomic mass is 9.94. The van der Waals surface area contributed by atoms with Crippen molar-refractivity contribution in [2.45, 2.75) is 18.2 Å². The summed E-state index contributed by atoms with van der Waals surface area (Å²) < 4.78 is 41.0. The molecule has 0 saturated carbocycles. The van der Waals surface area contributed by atoms with Crippen LogP contribution in [0.15, 0.2) is 71.6 Å². The summed E-state index contributed by atoms with van der Waals surface area (Å²) in [6, 6.07) is 18.3. The Balaban J connectivity index is 2.04. The van der Waals surface area contributed by atoms with Crippen LogP contribution in [0, 0.1) is 10.1 Å². The van der Waals surface area contributed by atoms with Gasteiger partial charge in [-0.05, 0) is 24.5 Å². The first-order valence-corrected chi connectivity index (χ1v) is 11.0. The Labute approximate surface area is 178 Å². The Morgan fingerprint density at radius 1 is 0.935 bits per heavy atom. The number of fused-ring (bicyclic) bond motifs is 2. The smallest absolute Gasteiger partial charge is 0.295 e. The lowest BCUT2D eigenvalue weighted by molar-refractivity contribution is -0.384. The monoisotopic (exact) mass is 437 g/mol. The molecule has 1 N–H and O–H groups in total. The van der Waals surface area contributed by atoms with Crippen molar-refractivity contribution in [2.75, 3.05) is 6.61 Å². The fourth-order valence-electron chi connectivity index (χ4n) is 3.89. The van der Waals surface area contributed by atoms with Crippen LogP contribution in [0.2, 0.25) is 0 Å². The van der Waals surface area contributed by atoms with E-state index in [1.807, 2.05) is 6.92 Å². The molecule has 0 fully saturated rings. The van der Waals surface area contributed by atoms with Crippen LogP contribution in [0.1, 0.15) is 18.1 Å². The van der Waals surface area contributed by atoms with E-state index in [9.17, 15) is 23.1 Å². The Morgan fingerprint density at radius 3 is 2.19 bits per heavy atom. The van der Waals surface area contributed by atoms with Gasteiger partial charge >= 0.3 is 0 Å². The zero-order chi connectivity index (χ0) is 22.2. The molecule has 0 spiro atoms. The topological polar surface area (TPSA) is 107 Å². The van der Waals surface area contributed by atoms with E-state index in [1.165, 1.54) is 12.1 Å². The largest absolute Gasteiger partial charge is 0.493 e. The Hall–Kier alpha value is -3.49. The summed E-state index contributed by atoms with van der Waals surface area (Å²) >= 11 is 0. The molecule has 0 amide bonds. The Morgan fingerprint density at radius 2 is 1.58 bits per heavy atom. The normalized spacial score (nSPS) is 11.7. The number of rotatable bonds is 6. The molecule has 4 aromatic rings. The van der Waals surface area contributed by atoms with Gasteiger partial charge in [0.05, 0.1) is 11.5 Å². The summed E-state index contributed by atoms with van der Waals surface area (Å²) in [4.78, 5) is 10.3. The fraction of sp³-hybridized carbons (Fsp3) is 0.130. The van der Waals surface area contributed by atoms with E-state index >= 15 is 0 Å². The van der Waals surface area contributed by atoms with Crippen molar-refractivity contribution in [3.8, 4) is 5.75 Å². The first kappa shape index (κ1) is 20.8. The molecule has 0 heterocycles. The van der Waals surface area contributed by atoms with Crippen LogP contribution in [0.3, 0.4) is 0 Å². The highest BCUT2D eigenvalue weighted by molar-refractivity contribution is 7.86. The van der Waals surface area contributed by atoms with Gasteiger partial charge in [0, 0.05) is 33.7 Å². The van der Waals surface area contributed by atoms with Gasteiger partial charge in [-0.25, -0.2) is 0 Å². The molecule has 0 aliphatic heterocycles. The molecule has 31 heavy (non-hydrogen) atoms. The van der Waals surface area contributed by atoms with Crippen molar-refractivity contribution < 1.29 is 22.6 Å². The number of ether oxygens (including phenoxy) is 1. The van der Waals surface area contributed by atoms with Gasteiger partial charge in [-0.3, -0.25) is 14.7 Å². The third-order valence-corrected chi connectivity index (χ3v) is 6.07. The van der Waals surface area contributed by atoms with Gasteiger partial charge in [-0.15, -0.1) is 0 Å². The van der Waals surface area contributed by atoms with Crippen LogP contribution in [0.25, 0.3) is 21.5 Å². The molecule has 0 unspecified atom stereocenters. The molecule has 4 rings (SSSR count). The van der Waals surface area contributed by atoms with Gasteiger partial charge in [0.2, 0.25) is 0 Å². The average molecular weight is 437 g/mol. The van der Waals surface area contributed by atoms with Gasteiger partial charge in [0.1, 0.15) is 10.6 Å². The molecule has 0 radical (unpaired) electrons. The van der Waals surface area contributed by atoms with Crippen molar-refractivity contribution in [1.29, 1.82) is 0 Å². The molecule has 8 heteroatoms. The van der Waals surface area contributed by atoms with Crippen molar-refractivity contribution in [1.82, 2.24) is 0 Å². The zero-order valence-electron chi connectivity index (χ0n) is 16.6. The summed E-state index contributed by atoms with van der Waals surface area (Å²) in [5.74, 6) is 0.547. The van der Waals surface area contributed by atoms with E-state index in [1.54, 1.807) is 54.6 Å². The molecular formula is C23H19NO6S. The second-order valence-electron chi connectivity index (χ2n) is 7.05. The molecule has 0 aliphatic carbocycles. The SMILES string of the molecule is CCOc1c2ccccc2c(S(=O)(=O)O)c2c(Cc3ccc([N+](=O)[O-])cc3)cccc12. The maximum Gasteiger partial charge on any atom is 0.295 e. The fourth-order valence-corrected chi connectivity index (χ4v) is 4.84. The number of hydrogen-bond acceptors (Lipinski definition) is 5. The second kappa shape index (κ2) is 7.98. The summed E-state index contributed by atoms with van der Waals surface area (Å²) in [5, 5.41) is 12.8. The second-order valence-corrected chi connectivity index (χ2v) is 8.41. The number of hydrogen-bond donors (Lipinski definition) is 1. The van der Waals surface area contributed by atoms with Crippen LogP contribution < -0.4 is 4.74 Å². The molecular weight excluding hydrogens is 418 g/mol. The molecule has 0 bridgehead atoms. The third-order valence-electron chi connectivity index (χ3n) is 5.13. The summed E-state index contributed by atoms with van der Waals surface area (Å²) in [6.07, 6.45) is 0.321. The standard InChI is InChI=1S/C23H19NO6S/c1-2-30-22-18-7-3-4-8-19(18)23(31(27,28)29)21-16(6-5-9-20(21)22)14-15-10-12-17(13-11-15)24(25)26/h3-13H,2,14H2,1H3,(H,27,28,29). The number of non-ortho nitro benzene ring substituents is 1. The van der Waals surface area contributed by atoms with Crippen LogP contribution >= 0.6 is 0 Å². The zero-order valence-corrected chi connectivity index (χ0v) is 17.4. The molecule has 0 aliphatic rings. The summed E-state index contributed by atoms with van der Waals surface area (Å²) in [5.41, 5.74) is 1.40. The van der Waals surface area contributed by atoms with E-state index < -0.39 is 15.0 Å². The van der Waals surface area contributed by atoms with Crippen LogP contribution in [-0.2, 0) is 16.5 Å². The highest BCUT2D eigenvalue weighted by atomic mass is 32.2. The van der Waals surface area contributed by atoms with E-state index in [2.05, 4.69) is 0 Å². The van der Waals surface area contributed by atoms with Gasteiger partial charge in [-0.1, -0.05) is 54.6 Å². The predicted molar refractivity (Wildman–Crippen MR) is 118 cm³/mol. The molecule has 158 valence electrons. The highest BCUT2D eigenvalue weighted by Crippen LogP contribution is 2.42. The van der Waals surface area contributed by atoms with Gasteiger partial charge in [0.15, 0.2) is 0 Å². The Kier molecular flexibility index (Phi) is 5.34. The van der Waals surface area contributed by atoms with Crippen LogP contribution in [-0.4, -0.2) is 24.5 Å². The van der Waals surface area contributed by atoms with Crippen molar-refractivity contribution in [3.05, 3.63) is 88.0 Å². The number of nitro groups is 1. The summed E-state index contributed by atoms with van der Waals surface area (Å²) in [7, 11) is -4.57. The lowest BCUT2D eigenvalue weighted by Crippen LogP contribution is -2.05. The first-order chi connectivity index (χ1) is 14.8. The molecule has 0 atom stereocenters. The van der Waals surface area contributed by atoms with E-state index in [4.69, 9.17) is 4.74 Å². The maximum absolute atomic E-state index is 12.5. The molecule has 0 aromatic heterocycles. The van der Waals surface area contributed by atoms with Gasteiger partial charge < -0.3 is 4.74 Å². The minimum Gasteiger partial charge on any atom is -0.493 e.